The first-order chi connectivity index (χ1) is 12.1. The van der Waals surface area contributed by atoms with Gasteiger partial charge >= 0.3 is 0 Å². The van der Waals surface area contributed by atoms with E-state index in [0.717, 1.165) is 35.5 Å². The fourth-order valence-electron chi connectivity index (χ4n) is 2.93. The maximum Gasteiger partial charge on any atom is 0.276 e. The van der Waals surface area contributed by atoms with E-state index in [0.29, 0.717) is 27.6 Å². The number of anilines is 1. The number of hydrogen-bond acceptors (Lipinski definition) is 5. The minimum absolute atomic E-state index is 0.205. The van der Waals surface area contributed by atoms with Gasteiger partial charge in [0.15, 0.2) is 5.82 Å². The lowest BCUT2D eigenvalue weighted by molar-refractivity contribution is 0.101. The summed E-state index contributed by atoms with van der Waals surface area (Å²) in [6.45, 7) is 0. The summed E-state index contributed by atoms with van der Waals surface area (Å²) in [6.07, 6.45) is 5.23. The first-order valence-electron chi connectivity index (χ1n) is 8.05. The molecule has 0 saturated heterocycles. The predicted molar refractivity (Wildman–Crippen MR) is 98.1 cm³/mol. The van der Waals surface area contributed by atoms with E-state index in [1.165, 1.54) is 6.42 Å². The molecule has 25 heavy (non-hydrogen) atoms. The van der Waals surface area contributed by atoms with Crippen LogP contribution in [0.1, 0.15) is 41.2 Å². The van der Waals surface area contributed by atoms with E-state index >= 15 is 0 Å². The number of benzene rings is 1. The molecule has 3 aromatic rings. The second-order valence-corrected chi connectivity index (χ2v) is 7.22. The van der Waals surface area contributed by atoms with E-state index in [4.69, 9.17) is 11.6 Å². The molecule has 1 saturated carbocycles. The fourth-order valence-corrected chi connectivity index (χ4v) is 3.73. The summed E-state index contributed by atoms with van der Waals surface area (Å²) in [5.41, 5.74) is 2.36. The molecule has 1 aliphatic carbocycles. The van der Waals surface area contributed by atoms with E-state index in [9.17, 15) is 4.79 Å². The molecule has 128 valence electrons. The second-order valence-electron chi connectivity index (χ2n) is 6.06. The number of nitrogens with one attached hydrogen (secondary N) is 1. The molecule has 1 amide bonds. The van der Waals surface area contributed by atoms with E-state index < -0.39 is 0 Å². The van der Waals surface area contributed by atoms with Crippen LogP contribution >= 0.6 is 23.1 Å². The quantitative estimate of drug-likeness (QED) is 0.746. The molecule has 8 heteroatoms. The summed E-state index contributed by atoms with van der Waals surface area (Å²) in [5, 5.41) is 8.12. The molecule has 2 aromatic heterocycles. The van der Waals surface area contributed by atoms with Gasteiger partial charge in [0.2, 0.25) is 5.13 Å². The molecule has 0 unspecified atom stereocenters. The Hall–Kier alpha value is -2.25. The van der Waals surface area contributed by atoms with Gasteiger partial charge in [-0.2, -0.15) is 14.5 Å². The summed E-state index contributed by atoms with van der Waals surface area (Å²) < 4.78 is 5.92. The minimum Gasteiger partial charge on any atom is -0.295 e. The van der Waals surface area contributed by atoms with Gasteiger partial charge in [-0.3, -0.25) is 14.8 Å². The monoisotopic (exact) mass is 373 g/mol. The Bertz CT molecular complexity index is 931. The molecule has 1 aliphatic rings. The van der Waals surface area contributed by atoms with Crippen LogP contribution in [0.4, 0.5) is 5.13 Å². The van der Waals surface area contributed by atoms with Gasteiger partial charge < -0.3 is 0 Å². The van der Waals surface area contributed by atoms with E-state index in [1.54, 1.807) is 24.0 Å². The van der Waals surface area contributed by atoms with Crippen LogP contribution in [-0.4, -0.2) is 25.0 Å². The van der Waals surface area contributed by atoms with Crippen LogP contribution in [-0.2, 0) is 7.05 Å². The van der Waals surface area contributed by atoms with Gasteiger partial charge in [-0.25, -0.2) is 0 Å². The predicted octanol–water partition coefficient (Wildman–Crippen LogP) is 4.11. The lowest BCUT2D eigenvalue weighted by Crippen LogP contribution is -2.20. The average Bonchev–Trinajstić information content (AvgIpc) is 3.13. The van der Waals surface area contributed by atoms with Crippen molar-refractivity contribution < 1.29 is 4.79 Å². The largest absolute Gasteiger partial charge is 0.295 e. The van der Waals surface area contributed by atoms with Crippen molar-refractivity contribution in [1.82, 2.24) is 19.1 Å². The molecule has 0 atom stereocenters. The Kier molecular flexibility index (Phi) is 4.27. The lowest BCUT2D eigenvalue weighted by Gasteiger charge is -2.25. The van der Waals surface area contributed by atoms with Crippen molar-refractivity contribution in [2.45, 2.75) is 25.2 Å². The van der Waals surface area contributed by atoms with E-state index in [1.807, 2.05) is 18.2 Å². The fraction of sp³-hybridized carbons (Fsp3) is 0.294. The Morgan fingerprint density at radius 2 is 2.16 bits per heavy atom. The molecule has 6 nitrogen and oxygen atoms in total. The van der Waals surface area contributed by atoms with Crippen LogP contribution in [0.15, 0.2) is 30.5 Å². The highest BCUT2D eigenvalue weighted by atomic mass is 35.5. The topological polar surface area (TPSA) is 72.7 Å². The molecule has 1 N–H and O–H groups in total. The van der Waals surface area contributed by atoms with Crippen LogP contribution in [0.25, 0.3) is 11.4 Å². The number of carbonyl (C=O) groups is 1. The van der Waals surface area contributed by atoms with Crippen LogP contribution < -0.4 is 5.32 Å². The number of carbonyl (C=O) groups excluding carboxylic acids is 1. The normalized spacial score (nSPS) is 14.3. The standard InChI is InChI=1S/C17H16ClN5OS/c1-23-14(12(9-19-23)10-5-4-6-10)16(24)21-17-20-15(22-25-17)11-7-2-3-8-13(11)18/h2-3,7-10H,4-6H2,1H3,(H,20,21,22,24). The van der Waals surface area contributed by atoms with Crippen LogP contribution in [0.2, 0.25) is 5.02 Å². The molecule has 0 aliphatic heterocycles. The smallest absolute Gasteiger partial charge is 0.276 e. The molecule has 4 rings (SSSR count). The SMILES string of the molecule is Cn1ncc(C2CCC2)c1C(=O)Nc1nc(-c2ccccc2Cl)ns1. The lowest BCUT2D eigenvalue weighted by atomic mass is 9.80. The van der Waals surface area contributed by atoms with Gasteiger partial charge in [0.05, 0.1) is 11.2 Å². The Morgan fingerprint density at radius 3 is 2.88 bits per heavy atom. The van der Waals surface area contributed by atoms with Crippen molar-refractivity contribution in [2.24, 2.45) is 7.05 Å². The summed E-state index contributed by atoms with van der Waals surface area (Å²) in [4.78, 5) is 17.1. The highest BCUT2D eigenvalue weighted by Gasteiger charge is 2.28. The average molecular weight is 374 g/mol. The molecule has 1 aromatic carbocycles. The zero-order chi connectivity index (χ0) is 17.4. The van der Waals surface area contributed by atoms with Crippen molar-refractivity contribution in [3.63, 3.8) is 0 Å². The van der Waals surface area contributed by atoms with Gasteiger partial charge in [-0.1, -0.05) is 30.2 Å². The van der Waals surface area contributed by atoms with Gasteiger partial charge in [-0.15, -0.1) is 0 Å². The molecular formula is C17H16ClN5OS. The van der Waals surface area contributed by atoms with Crippen molar-refractivity contribution >= 4 is 34.2 Å². The van der Waals surface area contributed by atoms with Crippen molar-refractivity contribution in [3.8, 4) is 11.4 Å². The van der Waals surface area contributed by atoms with Crippen molar-refractivity contribution in [2.75, 3.05) is 5.32 Å². The number of aromatic nitrogens is 4. The first-order valence-corrected chi connectivity index (χ1v) is 9.20. The highest BCUT2D eigenvalue weighted by Crippen LogP contribution is 2.38. The second kappa shape index (κ2) is 6.57. The molecule has 0 spiro atoms. The van der Waals surface area contributed by atoms with Crippen molar-refractivity contribution in [1.29, 1.82) is 0 Å². The third-order valence-electron chi connectivity index (χ3n) is 4.49. The van der Waals surface area contributed by atoms with E-state index in [2.05, 4.69) is 19.8 Å². The third kappa shape index (κ3) is 3.05. The molecule has 2 heterocycles. The minimum atomic E-state index is -0.205. The maximum atomic E-state index is 12.7. The molecular weight excluding hydrogens is 358 g/mol. The molecule has 0 radical (unpaired) electrons. The summed E-state index contributed by atoms with van der Waals surface area (Å²) >= 11 is 7.32. The van der Waals surface area contributed by atoms with Crippen LogP contribution in [0.3, 0.4) is 0 Å². The van der Waals surface area contributed by atoms with Crippen LogP contribution in [0, 0.1) is 0 Å². The van der Waals surface area contributed by atoms with Gasteiger partial charge in [0.1, 0.15) is 5.69 Å². The first kappa shape index (κ1) is 16.2. The van der Waals surface area contributed by atoms with Crippen LogP contribution in [0.5, 0.6) is 0 Å². The Morgan fingerprint density at radius 1 is 1.36 bits per heavy atom. The van der Waals surface area contributed by atoms with Gasteiger partial charge in [0.25, 0.3) is 5.91 Å². The molecule has 1 fully saturated rings. The maximum absolute atomic E-state index is 12.7. The van der Waals surface area contributed by atoms with Crippen molar-refractivity contribution in [3.05, 3.63) is 46.7 Å². The highest BCUT2D eigenvalue weighted by molar-refractivity contribution is 7.10. The van der Waals surface area contributed by atoms with Gasteiger partial charge in [0, 0.05) is 29.7 Å². The number of halogens is 1. The summed E-state index contributed by atoms with van der Waals surface area (Å²) in [6, 6.07) is 7.37. The van der Waals surface area contributed by atoms with Gasteiger partial charge in [-0.05, 0) is 30.9 Å². The van der Waals surface area contributed by atoms with E-state index in [-0.39, 0.29) is 5.91 Å². The number of nitrogens with zero attached hydrogens (tertiary/aromatic N) is 4. The number of amides is 1. The third-order valence-corrected chi connectivity index (χ3v) is 5.45. The Labute approximate surface area is 154 Å². The zero-order valence-corrected chi connectivity index (χ0v) is 15.1. The number of hydrogen-bond donors (Lipinski definition) is 1. The number of rotatable bonds is 4. The number of aryl methyl sites for hydroxylation is 1. The zero-order valence-electron chi connectivity index (χ0n) is 13.6. The molecule has 0 bridgehead atoms. The summed E-state index contributed by atoms with van der Waals surface area (Å²) in [5.74, 6) is 0.737. The Balaban J connectivity index is 1.56. The summed E-state index contributed by atoms with van der Waals surface area (Å²) in [7, 11) is 1.78.